The van der Waals surface area contributed by atoms with Crippen molar-refractivity contribution in [3.05, 3.63) is 0 Å². The lowest BCUT2D eigenvalue weighted by atomic mass is 9.94. The second kappa shape index (κ2) is 4.66. The van der Waals surface area contributed by atoms with E-state index in [1.807, 2.05) is 0 Å². The zero-order valence-corrected chi connectivity index (χ0v) is 10.4. The summed E-state index contributed by atoms with van der Waals surface area (Å²) in [5.41, 5.74) is 6.28. The lowest BCUT2D eigenvalue weighted by molar-refractivity contribution is 0.127. The van der Waals surface area contributed by atoms with Gasteiger partial charge in [-0.05, 0) is 51.0 Å². The van der Waals surface area contributed by atoms with Gasteiger partial charge in [-0.2, -0.15) is 0 Å². The van der Waals surface area contributed by atoms with Gasteiger partial charge in [0.1, 0.15) is 0 Å². The normalized spacial score (nSPS) is 42.2. The summed E-state index contributed by atoms with van der Waals surface area (Å²) in [6, 6.07) is 2.10. The van der Waals surface area contributed by atoms with Crippen LogP contribution in [-0.4, -0.2) is 29.6 Å². The molecular formula is C14H26N2. The summed E-state index contributed by atoms with van der Waals surface area (Å²) in [6.07, 6.45) is 12.8. The minimum absolute atomic E-state index is 0.474. The highest BCUT2D eigenvalue weighted by Gasteiger charge is 2.40. The Hall–Kier alpha value is -0.0800. The van der Waals surface area contributed by atoms with Crippen LogP contribution in [0.1, 0.15) is 57.8 Å². The van der Waals surface area contributed by atoms with E-state index in [0.717, 1.165) is 18.0 Å². The SMILES string of the molecule is NC1CCCC1N1CCCC1C1CCCC1. The minimum atomic E-state index is 0.474. The van der Waals surface area contributed by atoms with E-state index in [1.54, 1.807) is 0 Å². The topological polar surface area (TPSA) is 29.3 Å². The number of hydrogen-bond donors (Lipinski definition) is 1. The van der Waals surface area contributed by atoms with Crippen molar-refractivity contribution < 1.29 is 0 Å². The highest BCUT2D eigenvalue weighted by molar-refractivity contribution is 4.96. The molecule has 16 heavy (non-hydrogen) atoms. The summed E-state index contributed by atoms with van der Waals surface area (Å²) >= 11 is 0. The summed E-state index contributed by atoms with van der Waals surface area (Å²) in [5, 5.41) is 0. The predicted molar refractivity (Wildman–Crippen MR) is 67.3 cm³/mol. The van der Waals surface area contributed by atoms with Crippen molar-refractivity contribution in [3.8, 4) is 0 Å². The molecule has 0 spiro atoms. The summed E-state index contributed by atoms with van der Waals surface area (Å²) in [5.74, 6) is 1.01. The lowest BCUT2D eigenvalue weighted by Crippen LogP contribution is -2.48. The Morgan fingerprint density at radius 1 is 0.750 bits per heavy atom. The third-order valence-electron chi connectivity index (χ3n) is 5.24. The maximum absolute atomic E-state index is 6.28. The maximum atomic E-state index is 6.28. The van der Waals surface area contributed by atoms with E-state index in [-0.39, 0.29) is 0 Å². The molecule has 0 aromatic carbocycles. The Morgan fingerprint density at radius 2 is 1.50 bits per heavy atom. The zero-order chi connectivity index (χ0) is 11.0. The summed E-state index contributed by atoms with van der Waals surface area (Å²) in [4.78, 5) is 2.81. The molecule has 3 atom stereocenters. The third-order valence-corrected chi connectivity index (χ3v) is 5.24. The van der Waals surface area contributed by atoms with Crippen molar-refractivity contribution in [1.29, 1.82) is 0 Å². The van der Waals surface area contributed by atoms with E-state index in [9.17, 15) is 0 Å². The Labute approximate surface area is 99.6 Å². The van der Waals surface area contributed by atoms with Gasteiger partial charge in [0.05, 0.1) is 0 Å². The van der Waals surface area contributed by atoms with E-state index in [4.69, 9.17) is 5.73 Å². The molecule has 0 aromatic rings. The molecule has 2 N–H and O–H groups in total. The maximum Gasteiger partial charge on any atom is 0.0250 e. The van der Waals surface area contributed by atoms with Crippen LogP contribution in [-0.2, 0) is 0 Å². The van der Waals surface area contributed by atoms with Crippen molar-refractivity contribution >= 4 is 0 Å². The van der Waals surface area contributed by atoms with Gasteiger partial charge < -0.3 is 5.73 Å². The molecule has 1 heterocycles. The third kappa shape index (κ3) is 1.91. The van der Waals surface area contributed by atoms with Crippen molar-refractivity contribution in [2.75, 3.05) is 6.54 Å². The molecule has 3 aliphatic rings. The molecular weight excluding hydrogens is 196 g/mol. The Balaban J connectivity index is 1.68. The molecule has 0 aromatic heterocycles. The molecule has 1 aliphatic heterocycles. The highest BCUT2D eigenvalue weighted by atomic mass is 15.2. The number of nitrogens with zero attached hydrogens (tertiary/aromatic N) is 1. The molecule has 3 rings (SSSR count). The Morgan fingerprint density at radius 3 is 2.19 bits per heavy atom. The van der Waals surface area contributed by atoms with Gasteiger partial charge >= 0.3 is 0 Å². The highest BCUT2D eigenvalue weighted by Crippen LogP contribution is 2.38. The second-order valence-electron chi connectivity index (χ2n) is 6.15. The van der Waals surface area contributed by atoms with Crippen LogP contribution in [0.3, 0.4) is 0 Å². The van der Waals surface area contributed by atoms with Gasteiger partial charge in [0.2, 0.25) is 0 Å². The quantitative estimate of drug-likeness (QED) is 0.778. The first-order chi connectivity index (χ1) is 7.86. The largest absolute Gasteiger partial charge is 0.326 e. The van der Waals surface area contributed by atoms with Gasteiger partial charge in [0, 0.05) is 18.1 Å². The first kappa shape index (κ1) is 11.0. The van der Waals surface area contributed by atoms with Crippen LogP contribution in [0.25, 0.3) is 0 Å². The van der Waals surface area contributed by atoms with Gasteiger partial charge in [-0.15, -0.1) is 0 Å². The summed E-state index contributed by atoms with van der Waals surface area (Å²) in [7, 11) is 0. The molecule has 3 unspecified atom stereocenters. The van der Waals surface area contributed by atoms with Crippen LogP contribution in [0, 0.1) is 5.92 Å². The first-order valence-corrected chi connectivity index (χ1v) is 7.37. The number of nitrogens with two attached hydrogens (primary N) is 1. The van der Waals surface area contributed by atoms with Crippen LogP contribution >= 0.6 is 0 Å². The molecule has 2 aliphatic carbocycles. The number of likely N-dealkylation sites (tertiary alicyclic amines) is 1. The second-order valence-corrected chi connectivity index (χ2v) is 6.15. The lowest BCUT2D eigenvalue weighted by Gasteiger charge is -2.36. The van der Waals surface area contributed by atoms with Crippen molar-refractivity contribution in [3.63, 3.8) is 0 Å². The summed E-state index contributed by atoms with van der Waals surface area (Å²) in [6.45, 7) is 1.33. The van der Waals surface area contributed by atoms with Gasteiger partial charge in [0.15, 0.2) is 0 Å². The molecule has 0 bridgehead atoms. The van der Waals surface area contributed by atoms with Gasteiger partial charge in [-0.25, -0.2) is 0 Å². The zero-order valence-electron chi connectivity index (χ0n) is 10.4. The minimum Gasteiger partial charge on any atom is -0.326 e. The van der Waals surface area contributed by atoms with Crippen LogP contribution in [0.4, 0.5) is 0 Å². The van der Waals surface area contributed by atoms with Crippen molar-refractivity contribution in [2.24, 2.45) is 11.7 Å². The van der Waals surface area contributed by atoms with Crippen LogP contribution in [0.5, 0.6) is 0 Å². The molecule has 3 fully saturated rings. The van der Waals surface area contributed by atoms with Gasteiger partial charge in [0.25, 0.3) is 0 Å². The van der Waals surface area contributed by atoms with Crippen molar-refractivity contribution in [1.82, 2.24) is 4.90 Å². The predicted octanol–water partition coefficient (Wildman–Crippen LogP) is 2.52. The fraction of sp³-hybridized carbons (Fsp3) is 1.00. The number of hydrogen-bond acceptors (Lipinski definition) is 2. The average molecular weight is 222 g/mol. The monoisotopic (exact) mass is 222 g/mol. The molecule has 92 valence electrons. The molecule has 0 amide bonds. The fourth-order valence-electron chi connectivity index (χ4n) is 4.46. The standard InChI is InChI=1S/C14H26N2/c15-12-7-3-8-14(12)16-10-4-9-13(16)11-5-1-2-6-11/h11-14H,1-10,15H2. The van der Waals surface area contributed by atoms with E-state index in [2.05, 4.69) is 4.90 Å². The molecule has 0 radical (unpaired) electrons. The molecule has 1 saturated heterocycles. The van der Waals surface area contributed by atoms with E-state index in [1.165, 1.54) is 64.3 Å². The van der Waals surface area contributed by atoms with E-state index >= 15 is 0 Å². The van der Waals surface area contributed by atoms with Crippen LogP contribution < -0.4 is 5.73 Å². The Bertz CT molecular complexity index is 235. The molecule has 2 nitrogen and oxygen atoms in total. The smallest absolute Gasteiger partial charge is 0.0250 e. The van der Waals surface area contributed by atoms with Crippen LogP contribution in [0.15, 0.2) is 0 Å². The van der Waals surface area contributed by atoms with Gasteiger partial charge in [-0.1, -0.05) is 19.3 Å². The number of rotatable bonds is 2. The molecule has 2 saturated carbocycles. The fourth-order valence-corrected chi connectivity index (χ4v) is 4.46. The van der Waals surface area contributed by atoms with Crippen molar-refractivity contribution in [2.45, 2.75) is 75.9 Å². The first-order valence-electron chi connectivity index (χ1n) is 7.37. The average Bonchev–Trinajstić information content (AvgIpc) is 2.95. The van der Waals surface area contributed by atoms with E-state index in [0.29, 0.717) is 6.04 Å². The van der Waals surface area contributed by atoms with Crippen LogP contribution in [0.2, 0.25) is 0 Å². The summed E-state index contributed by atoms with van der Waals surface area (Å²) < 4.78 is 0. The molecule has 2 heteroatoms. The van der Waals surface area contributed by atoms with E-state index < -0.39 is 0 Å². The Kier molecular flexibility index (Phi) is 3.21. The van der Waals surface area contributed by atoms with Gasteiger partial charge in [-0.3, -0.25) is 4.90 Å².